The molecule has 5 atom stereocenters. The van der Waals surface area contributed by atoms with E-state index >= 15 is 0 Å². The maximum Gasteiger partial charge on any atom is 0.326 e. The van der Waals surface area contributed by atoms with Gasteiger partial charge in [-0.15, -0.1) is 0 Å². The molecule has 3 amide bonds. The highest BCUT2D eigenvalue weighted by Gasteiger charge is 2.32. The molecule has 0 aliphatic carbocycles. The van der Waals surface area contributed by atoms with Crippen molar-refractivity contribution in [1.82, 2.24) is 25.9 Å². The van der Waals surface area contributed by atoms with E-state index in [1.807, 2.05) is 0 Å². The molecule has 1 aromatic rings. The number of nitrogens with one attached hydrogen (secondary N) is 4. The second-order valence-electron chi connectivity index (χ2n) is 7.50. The Balaban J connectivity index is 2.87. The summed E-state index contributed by atoms with van der Waals surface area (Å²) in [6, 6.07) is -4.93. The highest BCUT2D eigenvalue weighted by atomic mass is 32.1. The lowest BCUT2D eigenvalue weighted by atomic mass is 9.97. The smallest absolute Gasteiger partial charge is 0.326 e. The number of imidazole rings is 1. The summed E-state index contributed by atoms with van der Waals surface area (Å²) in [6.45, 7) is 3.47. The van der Waals surface area contributed by atoms with Crippen LogP contribution in [0.25, 0.3) is 0 Å². The summed E-state index contributed by atoms with van der Waals surface area (Å²) >= 11 is 4.06. The number of aromatic nitrogens is 2. The molecule has 0 aliphatic heterocycles. The highest BCUT2D eigenvalue weighted by molar-refractivity contribution is 7.80. The Morgan fingerprint density at radius 2 is 1.73 bits per heavy atom. The molecule has 1 heterocycles. The largest absolute Gasteiger partial charge is 0.481 e. The van der Waals surface area contributed by atoms with E-state index in [4.69, 9.17) is 10.8 Å². The zero-order valence-corrected chi connectivity index (χ0v) is 19.2. The molecular formula is C19H30N6O7S. The average Bonchev–Trinajstić information content (AvgIpc) is 3.26. The van der Waals surface area contributed by atoms with E-state index in [0.29, 0.717) is 12.1 Å². The van der Waals surface area contributed by atoms with E-state index in [1.165, 1.54) is 12.5 Å². The van der Waals surface area contributed by atoms with E-state index in [1.54, 1.807) is 13.8 Å². The molecule has 5 unspecified atom stereocenters. The van der Waals surface area contributed by atoms with E-state index in [0.717, 1.165) is 0 Å². The van der Waals surface area contributed by atoms with Crippen LogP contribution in [0.15, 0.2) is 12.5 Å². The molecule has 0 aliphatic rings. The van der Waals surface area contributed by atoms with Gasteiger partial charge in [0.25, 0.3) is 0 Å². The van der Waals surface area contributed by atoms with Gasteiger partial charge in [-0.25, -0.2) is 9.78 Å². The van der Waals surface area contributed by atoms with Gasteiger partial charge in [0.15, 0.2) is 0 Å². The standard InChI is InChI=1S/C19H30N6O7S/c1-3-9(2)15(25-16(28)11(20)5-14(26)27)18(30)24-13(7-33)17(29)23-12(19(31)32)4-10-6-21-8-22-10/h6,8-9,11-13,15,33H,3-5,7,20H2,1-2H3,(H,21,22)(H,23,29)(H,24,30)(H,25,28)(H,26,27)(H,31,32). The third-order valence-electron chi connectivity index (χ3n) is 4.93. The third kappa shape index (κ3) is 9.10. The van der Waals surface area contributed by atoms with Gasteiger partial charge in [-0.05, 0) is 5.92 Å². The average molecular weight is 487 g/mol. The minimum Gasteiger partial charge on any atom is -0.481 e. The number of nitrogens with zero attached hydrogens (tertiary/aromatic N) is 1. The number of amides is 3. The van der Waals surface area contributed by atoms with E-state index in [-0.39, 0.29) is 18.1 Å². The van der Waals surface area contributed by atoms with Crippen LogP contribution in [0.4, 0.5) is 0 Å². The van der Waals surface area contributed by atoms with E-state index in [9.17, 15) is 29.1 Å². The molecule has 0 bridgehead atoms. The van der Waals surface area contributed by atoms with Crippen LogP contribution in [0.5, 0.6) is 0 Å². The number of carbonyl (C=O) groups excluding carboxylic acids is 3. The summed E-state index contributed by atoms with van der Waals surface area (Å²) in [7, 11) is 0. The fourth-order valence-electron chi connectivity index (χ4n) is 2.79. The highest BCUT2D eigenvalue weighted by Crippen LogP contribution is 2.10. The van der Waals surface area contributed by atoms with Crippen LogP contribution in [0.1, 0.15) is 32.4 Å². The lowest BCUT2D eigenvalue weighted by Gasteiger charge is -2.27. The first kappa shape index (κ1) is 27.9. The number of aliphatic carboxylic acids is 2. The van der Waals surface area contributed by atoms with Gasteiger partial charge in [0.1, 0.15) is 18.1 Å². The first-order valence-electron chi connectivity index (χ1n) is 10.2. The Morgan fingerprint density at radius 1 is 1.09 bits per heavy atom. The van der Waals surface area contributed by atoms with Crippen molar-refractivity contribution in [3.8, 4) is 0 Å². The predicted octanol–water partition coefficient (Wildman–Crippen LogP) is -1.73. The Morgan fingerprint density at radius 3 is 2.21 bits per heavy atom. The Labute approximate surface area is 195 Å². The van der Waals surface area contributed by atoms with Crippen molar-refractivity contribution >= 4 is 42.3 Å². The van der Waals surface area contributed by atoms with Gasteiger partial charge in [0.2, 0.25) is 17.7 Å². The molecule has 33 heavy (non-hydrogen) atoms. The molecule has 1 aromatic heterocycles. The number of rotatable bonds is 14. The lowest BCUT2D eigenvalue weighted by Crippen LogP contribution is -2.59. The van der Waals surface area contributed by atoms with Crippen LogP contribution in [0.2, 0.25) is 0 Å². The van der Waals surface area contributed by atoms with Gasteiger partial charge in [-0.1, -0.05) is 20.3 Å². The van der Waals surface area contributed by atoms with Crippen LogP contribution in [0.3, 0.4) is 0 Å². The SMILES string of the molecule is CCC(C)C(NC(=O)C(N)CC(=O)O)C(=O)NC(CS)C(=O)NC(Cc1cnc[nH]1)C(=O)O. The maximum absolute atomic E-state index is 12.8. The van der Waals surface area contributed by atoms with E-state index in [2.05, 4.69) is 38.5 Å². The van der Waals surface area contributed by atoms with Gasteiger partial charge in [-0.3, -0.25) is 19.2 Å². The number of hydrogen-bond donors (Lipinski definition) is 8. The lowest BCUT2D eigenvalue weighted by molar-refractivity contribution is -0.142. The minimum atomic E-state index is -1.36. The number of H-pyrrole nitrogens is 1. The molecule has 184 valence electrons. The molecular weight excluding hydrogens is 456 g/mol. The summed E-state index contributed by atoms with van der Waals surface area (Å²) in [4.78, 5) is 66.6. The maximum atomic E-state index is 12.8. The minimum absolute atomic E-state index is 0.0542. The number of carboxylic acids is 2. The Hall–Kier alpha value is -3.13. The number of carbonyl (C=O) groups is 5. The van der Waals surface area contributed by atoms with Crippen LogP contribution in [-0.2, 0) is 30.4 Å². The molecule has 0 saturated carbocycles. The number of thiol groups is 1. The molecule has 0 saturated heterocycles. The normalized spacial score (nSPS) is 15.4. The Bertz CT molecular complexity index is 835. The van der Waals surface area contributed by atoms with E-state index < -0.39 is 60.2 Å². The topological polar surface area (TPSA) is 217 Å². The zero-order valence-electron chi connectivity index (χ0n) is 18.3. The fourth-order valence-corrected chi connectivity index (χ4v) is 3.04. The molecule has 8 N–H and O–H groups in total. The third-order valence-corrected chi connectivity index (χ3v) is 5.30. The van der Waals surface area contributed by atoms with Gasteiger partial charge >= 0.3 is 11.9 Å². The van der Waals surface area contributed by atoms with Crippen molar-refractivity contribution in [2.24, 2.45) is 11.7 Å². The number of hydrogen-bond acceptors (Lipinski definition) is 8. The molecule has 1 rings (SSSR count). The monoisotopic (exact) mass is 486 g/mol. The molecule has 0 radical (unpaired) electrons. The first-order chi connectivity index (χ1) is 15.5. The summed E-state index contributed by atoms with van der Waals surface area (Å²) in [5.74, 6) is -5.38. The van der Waals surface area contributed by atoms with Crippen molar-refractivity contribution in [3.63, 3.8) is 0 Å². The number of nitrogens with two attached hydrogens (primary N) is 1. The molecule has 0 spiro atoms. The van der Waals surface area contributed by atoms with Crippen molar-refractivity contribution < 1.29 is 34.2 Å². The van der Waals surface area contributed by atoms with Crippen LogP contribution in [-0.4, -0.2) is 79.8 Å². The molecule has 0 fully saturated rings. The quantitative estimate of drug-likeness (QED) is 0.140. The van der Waals surface area contributed by atoms with Crippen molar-refractivity contribution in [3.05, 3.63) is 18.2 Å². The van der Waals surface area contributed by atoms with Crippen molar-refractivity contribution in [2.75, 3.05) is 5.75 Å². The second-order valence-corrected chi connectivity index (χ2v) is 7.87. The summed E-state index contributed by atoms with van der Waals surface area (Å²) in [6.07, 6.45) is 2.61. The van der Waals surface area contributed by atoms with Crippen molar-refractivity contribution in [1.29, 1.82) is 0 Å². The zero-order chi connectivity index (χ0) is 25.1. The van der Waals surface area contributed by atoms with Gasteiger partial charge in [0, 0.05) is 24.1 Å². The molecule has 14 heteroatoms. The molecule has 13 nitrogen and oxygen atoms in total. The first-order valence-corrected chi connectivity index (χ1v) is 10.8. The van der Waals surface area contributed by atoms with Gasteiger partial charge < -0.3 is 36.9 Å². The van der Waals surface area contributed by atoms with Crippen LogP contribution in [0, 0.1) is 5.92 Å². The summed E-state index contributed by atoms with van der Waals surface area (Å²) in [5.41, 5.74) is 6.05. The van der Waals surface area contributed by atoms with Crippen molar-refractivity contribution in [2.45, 2.75) is 57.3 Å². The Kier molecular flexibility index (Phi) is 11.4. The fraction of sp³-hybridized carbons (Fsp3) is 0.579. The van der Waals surface area contributed by atoms with Crippen LogP contribution < -0.4 is 21.7 Å². The van der Waals surface area contributed by atoms with Crippen LogP contribution >= 0.6 is 12.6 Å². The number of aromatic amines is 1. The summed E-state index contributed by atoms with van der Waals surface area (Å²) < 4.78 is 0. The second kappa shape index (κ2) is 13.4. The van der Waals surface area contributed by atoms with Gasteiger partial charge in [-0.2, -0.15) is 12.6 Å². The predicted molar refractivity (Wildman–Crippen MR) is 119 cm³/mol. The summed E-state index contributed by atoms with van der Waals surface area (Å²) in [5, 5.41) is 25.4. The van der Waals surface area contributed by atoms with Gasteiger partial charge in [0.05, 0.1) is 18.8 Å². The molecule has 0 aromatic carbocycles. The number of carboxylic acid groups (broad SMARTS) is 2.